The summed E-state index contributed by atoms with van der Waals surface area (Å²) in [4.78, 5) is 48.1. The molecule has 0 unspecified atom stereocenters. The first-order valence-electron chi connectivity index (χ1n) is 9.29. The van der Waals surface area contributed by atoms with Gasteiger partial charge in [0.1, 0.15) is 6.54 Å². The highest BCUT2D eigenvalue weighted by molar-refractivity contribution is 5.96. The maximum Gasteiger partial charge on any atom is 0.325 e. The van der Waals surface area contributed by atoms with Crippen LogP contribution in [0.15, 0.2) is 54.6 Å². The third kappa shape index (κ3) is 6.69. The van der Waals surface area contributed by atoms with Crippen LogP contribution >= 0.6 is 0 Å². The lowest BCUT2D eigenvalue weighted by atomic mass is 10.2. The predicted molar refractivity (Wildman–Crippen MR) is 109 cm³/mol. The van der Waals surface area contributed by atoms with E-state index >= 15 is 0 Å². The van der Waals surface area contributed by atoms with Gasteiger partial charge >= 0.3 is 5.97 Å². The summed E-state index contributed by atoms with van der Waals surface area (Å²) in [5.74, 6) is -1.80. The molecule has 2 amide bonds. The molecule has 0 spiro atoms. The van der Waals surface area contributed by atoms with Crippen molar-refractivity contribution in [3.05, 3.63) is 75.8 Å². The molecule has 0 fully saturated rings. The number of amides is 2. The van der Waals surface area contributed by atoms with Crippen LogP contribution in [0.5, 0.6) is 0 Å². The summed E-state index contributed by atoms with van der Waals surface area (Å²) in [6, 6.07) is 14.5. The molecule has 0 saturated heterocycles. The summed E-state index contributed by atoms with van der Waals surface area (Å²) in [6.45, 7) is 3.20. The molecule has 30 heavy (non-hydrogen) atoms. The van der Waals surface area contributed by atoms with E-state index in [4.69, 9.17) is 4.74 Å². The molecule has 0 aliphatic rings. The van der Waals surface area contributed by atoms with Crippen LogP contribution in [0, 0.1) is 10.1 Å². The number of nitrogens with one attached hydrogen (secondary N) is 1. The molecular formula is C21H23N3O6. The van der Waals surface area contributed by atoms with Crippen molar-refractivity contribution in [3.63, 3.8) is 0 Å². The number of non-ortho nitro benzene ring substituents is 1. The van der Waals surface area contributed by atoms with E-state index in [0.29, 0.717) is 6.54 Å². The number of benzene rings is 2. The van der Waals surface area contributed by atoms with E-state index in [9.17, 15) is 24.5 Å². The maximum atomic E-state index is 12.5. The van der Waals surface area contributed by atoms with E-state index in [0.717, 1.165) is 11.6 Å². The van der Waals surface area contributed by atoms with E-state index in [-0.39, 0.29) is 23.2 Å². The Bertz CT molecular complexity index is 914. The zero-order chi connectivity index (χ0) is 22.1. The predicted octanol–water partition coefficient (Wildman–Crippen LogP) is 2.31. The Morgan fingerprint density at radius 3 is 2.43 bits per heavy atom. The van der Waals surface area contributed by atoms with Gasteiger partial charge in [0.05, 0.1) is 4.92 Å². The van der Waals surface area contributed by atoms with Gasteiger partial charge in [-0.1, -0.05) is 36.4 Å². The molecule has 0 saturated carbocycles. The molecule has 9 heteroatoms. The van der Waals surface area contributed by atoms with E-state index in [1.54, 1.807) is 4.90 Å². The maximum absolute atomic E-state index is 12.5. The Kier molecular flexibility index (Phi) is 8.04. The van der Waals surface area contributed by atoms with Gasteiger partial charge in [-0.25, -0.2) is 0 Å². The summed E-state index contributed by atoms with van der Waals surface area (Å²) in [5.41, 5.74) is 0.764. The van der Waals surface area contributed by atoms with E-state index in [1.807, 2.05) is 44.2 Å². The number of carbonyl (C=O) groups excluding carboxylic acids is 3. The number of nitro groups is 1. The molecular weight excluding hydrogens is 390 g/mol. The number of hydrogen-bond acceptors (Lipinski definition) is 6. The number of ether oxygens (including phenoxy) is 1. The summed E-state index contributed by atoms with van der Waals surface area (Å²) in [5, 5.41) is 13.1. The fourth-order valence-corrected chi connectivity index (χ4v) is 2.63. The molecule has 0 radical (unpaired) electrons. The molecule has 0 atom stereocenters. The Morgan fingerprint density at radius 2 is 1.80 bits per heavy atom. The van der Waals surface area contributed by atoms with Gasteiger partial charge in [-0.05, 0) is 25.5 Å². The van der Waals surface area contributed by atoms with Crippen LogP contribution < -0.4 is 5.32 Å². The lowest BCUT2D eigenvalue weighted by molar-refractivity contribution is -0.384. The SMILES string of the molecule is CC(C)N(Cc1ccccc1)C(=O)COC(=O)CNC(=O)c1cccc([N+](=O)[O-])c1. The van der Waals surface area contributed by atoms with Crippen molar-refractivity contribution < 1.29 is 24.0 Å². The number of nitro benzene ring substituents is 1. The van der Waals surface area contributed by atoms with Crippen molar-refractivity contribution in [2.75, 3.05) is 13.2 Å². The van der Waals surface area contributed by atoms with E-state index in [2.05, 4.69) is 5.32 Å². The van der Waals surface area contributed by atoms with Crippen molar-refractivity contribution >= 4 is 23.5 Å². The summed E-state index contributed by atoms with van der Waals surface area (Å²) < 4.78 is 4.97. The van der Waals surface area contributed by atoms with Crippen molar-refractivity contribution in [3.8, 4) is 0 Å². The molecule has 0 aromatic heterocycles. The number of hydrogen-bond donors (Lipinski definition) is 1. The molecule has 0 bridgehead atoms. The van der Waals surface area contributed by atoms with Crippen LogP contribution in [0.1, 0.15) is 29.8 Å². The molecule has 2 rings (SSSR count). The topological polar surface area (TPSA) is 119 Å². The second-order valence-electron chi connectivity index (χ2n) is 6.75. The zero-order valence-corrected chi connectivity index (χ0v) is 16.7. The first-order valence-corrected chi connectivity index (χ1v) is 9.29. The normalized spacial score (nSPS) is 10.4. The van der Waals surface area contributed by atoms with Gasteiger partial charge in [-0.15, -0.1) is 0 Å². The van der Waals surface area contributed by atoms with Gasteiger partial charge in [0.2, 0.25) is 0 Å². The van der Waals surface area contributed by atoms with E-state index in [1.165, 1.54) is 18.2 Å². The Hall–Kier alpha value is -3.75. The minimum atomic E-state index is -0.787. The van der Waals surface area contributed by atoms with Gasteiger partial charge in [0, 0.05) is 30.3 Å². The average Bonchev–Trinajstić information content (AvgIpc) is 2.74. The highest BCUT2D eigenvalue weighted by Gasteiger charge is 2.19. The van der Waals surface area contributed by atoms with E-state index < -0.39 is 30.0 Å². The largest absolute Gasteiger partial charge is 0.454 e. The van der Waals surface area contributed by atoms with Crippen LogP contribution in [0.4, 0.5) is 5.69 Å². The minimum Gasteiger partial charge on any atom is -0.454 e. The Labute approximate surface area is 173 Å². The number of carbonyl (C=O) groups is 3. The minimum absolute atomic E-state index is 0.0434. The first kappa shape index (κ1) is 22.5. The average molecular weight is 413 g/mol. The number of rotatable bonds is 9. The second-order valence-corrected chi connectivity index (χ2v) is 6.75. The van der Waals surface area contributed by atoms with Crippen molar-refractivity contribution in [1.29, 1.82) is 0 Å². The molecule has 158 valence electrons. The molecule has 0 aliphatic heterocycles. The standard InChI is InChI=1S/C21H23N3O6/c1-15(2)23(13-16-7-4-3-5-8-16)19(25)14-30-20(26)12-22-21(27)17-9-6-10-18(11-17)24(28)29/h3-11,15H,12-14H2,1-2H3,(H,22,27). The molecule has 0 heterocycles. The summed E-state index contributed by atoms with van der Waals surface area (Å²) in [6.07, 6.45) is 0. The second kappa shape index (κ2) is 10.7. The lowest BCUT2D eigenvalue weighted by Gasteiger charge is -2.26. The smallest absolute Gasteiger partial charge is 0.325 e. The summed E-state index contributed by atoms with van der Waals surface area (Å²) in [7, 11) is 0. The highest BCUT2D eigenvalue weighted by atomic mass is 16.6. The van der Waals surface area contributed by atoms with Gasteiger partial charge in [-0.3, -0.25) is 24.5 Å². The summed E-state index contributed by atoms with van der Waals surface area (Å²) >= 11 is 0. The van der Waals surface area contributed by atoms with Crippen molar-refractivity contribution in [1.82, 2.24) is 10.2 Å². The van der Waals surface area contributed by atoms with Crippen molar-refractivity contribution in [2.24, 2.45) is 0 Å². The Balaban J connectivity index is 1.84. The fourth-order valence-electron chi connectivity index (χ4n) is 2.63. The van der Waals surface area contributed by atoms with Crippen LogP contribution in [0.2, 0.25) is 0 Å². The quantitative estimate of drug-likeness (QED) is 0.383. The van der Waals surface area contributed by atoms with Gasteiger partial charge in [0.25, 0.3) is 17.5 Å². The molecule has 2 aromatic carbocycles. The molecule has 9 nitrogen and oxygen atoms in total. The molecule has 0 aliphatic carbocycles. The Morgan fingerprint density at radius 1 is 1.10 bits per heavy atom. The zero-order valence-electron chi connectivity index (χ0n) is 16.7. The van der Waals surface area contributed by atoms with Gasteiger partial charge in [0.15, 0.2) is 6.61 Å². The lowest BCUT2D eigenvalue weighted by Crippen LogP contribution is -2.40. The highest BCUT2D eigenvalue weighted by Crippen LogP contribution is 2.13. The van der Waals surface area contributed by atoms with Crippen LogP contribution in [0.25, 0.3) is 0 Å². The van der Waals surface area contributed by atoms with Crippen LogP contribution in [-0.2, 0) is 20.9 Å². The van der Waals surface area contributed by atoms with Crippen LogP contribution in [-0.4, -0.2) is 46.8 Å². The van der Waals surface area contributed by atoms with Crippen molar-refractivity contribution in [2.45, 2.75) is 26.4 Å². The van der Waals surface area contributed by atoms with Gasteiger partial charge < -0.3 is 15.0 Å². The third-order valence-corrected chi connectivity index (χ3v) is 4.21. The monoisotopic (exact) mass is 413 g/mol. The molecule has 1 N–H and O–H groups in total. The van der Waals surface area contributed by atoms with Crippen LogP contribution in [0.3, 0.4) is 0 Å². The molecule has 2 aromatic rings. The van der Waals surface area contributed by atoms with Gasteiger partial charge in [-0.2, -0.15) is 0 Å². The first-order chi connectivity index (χ1) is 14.3. The fraction of sp³-hybridized carbons (Fsp3) is 0.286. The third-order valence-electron chi connectivity index (χ3n) is 4.21. The number of nitrogens with zero attached hydrogens (tertiary/aromatic N) is 2. The number of esters is 1.